The second-order valence-electron chi connectivity index (χ2n) is 6.75. The number of aryl methyl sites for hydroxylation is 1. The smallest absolute Gasteiger partial charge is 0.235 e. The highest BCUT2D eigenvalue weighted by Gasteiger charge is 2.16. The van der Waals surface area contributed by atoms with Crippen LogP contribution in [0.1, 0.15) is 11.3 Å². The standard InChI is InChI=1S/C24H18ClFO5/c1-14-24(31-21-6-4-3-5-20(21)28-2)23(27)18-10-9-17(12-22(18)30-14)29-13-15-7-8-16(26)11-19(15)25/h3-12H,13H2,1-2H3. The van der Waals surface area contributed by atoms with Crippen molar-refractivity contribution in [2.45, 2.75) is 13.5 Å². The first-order valence-electron chi connectivity index (χ1n) is 9.41. The molecule has 0 aliphatic carbocycles. The highest BCUT2D eigenvalue weighted by atomic mass is 35.5. The van der Waals surface area contributed by atoms with Gasteiger partial charge in [-0.05, 0) is 43.3 Å². The molecule has 0 fully saturated rings. The fraction of sp³-hybridized carbons (Fsp3) is 0.125. The number of para-hydroxylation sites is 2. The van der Waals surface area contributed by atoms with Gasteiger partial charge in [0.05, 0.1) is 17.5 Å². The van der Waals surface area contributed by atoms with Crippen LogP contribution >= 0.6 is 11.6 Å². The fourth-order valence-electron chi connectivity index (χ4n) is 3.09. The van der Waals surface area contributed by atoms with Crippen LogP contribution in [0.25, 0.3) is 11.0 Å². The lowest BCUT2D eigenvalue weighted by atomic mass is 10.2. The van der Waals surface area contributed by atoms with E-state index in [0.717, 1.165) is 0 Å². The Morgan fingerprint density at radius 3 is 2.55 bits per heavy atom. The van der Waals surface area contributed by atoms with Gasteiger partial charge in [0.1, 0.15) is 29.5 Å². The molecule has 0 radical (unpaired) electrons. The Bertz CT molecular complexity index is 1320. The van der Waals surface area contributed by atoms with Crippen molar-refractivity contribution in [2.75, 3.05) is 7.11 Å². The number of benzene rings is 3. The number of halogens is 2. The Morgan fingerprint density at radius 2 is 1.81 bits per heavy atom. The first kappa shape index (κ1) is 20.8. The Morgan fingerprint density at radius 1 is 1.03 bits per heavy atom. The van der Waals surface area contributed by atoms with Gasteiger partial charge in [0.2, 0.25) is 11.2 Å². The van der Waals surface area contributed by atoms with Crippen molar-refractivity contribution in [3.63, 3.8) is 0 Å². The Kier molecular flexibility index (Phi) is 5.82. The van der Waals surface area contributed by atoms with Crippen LogP contribution in [0, 0.1) is 12.7 Å². The van der Waals surface area contributed by atoms with E-state index in [0.29, 0.717) is 39.5 Å². The summed E-state index contributed by atoms with van der Waals surface area (Å²) >= 11 is 6.04. The summed E-state index contributed by atoms with van der Waals surface area (Å²) in [6.07, 6.45) is 0. The minimum atomic E-state index is -0.414. The second-order valence-corrected chi connectivity index (χ2v) is 7.16. The molecule has 158 valence electrons. The molecule has 1 aromatic heterocycles. The van der Waals surface area contributed by atoms with Crippen LogP contribution in [-0.4, -0.2) is 7.11 Å². The molecule has 3 aromatic carbocycles. The minimum Gasteiger partial charge on any atom is -0.493 e. The van der Waals surface area contributed by atoms with E-state index in [2.05, 4.69) is 0 Å². The van der Waals surface area contributed by atoms with Gasteiger partial charge in [0.15, 0.2) is 11.5 Å². The van der Waals surface area contributed by atoms with E-state index in [1.807, 2.05) is 6.07 Å². The molecule has 1 heterocycles. The molecule has 0 atom stereocenters. The third kappa shape index (κ3) is 4.34. The van der Waals surface area contributed by atoms with Crippen LogP contribution in [0.3, 0.4) is 0 Å². The quantitative estimate of drug-likeness (QED) is 0.353. The lowest BCUT2D eigenvalue weighted by Gasteiger charge is -2.12. The summed E-state index contributed by atoms with van der Waals surface area (Å²) in [5.41, 5.74) is 0.691. The number of fused-ring (bicyclic) bond motifs is 1. The number of methoxy groups -OCH3 is 1. The van der Waals surface area contributed by atoms with Gasteiger partial charge in [0.25, 0.3) is 0 Å². The molecule has 0 bridgehead atoms. The van der Waals surface area contributed by atoms with E-state index in [1.54, 1.807) is 49.4 Å². The second kappa shape index (κ2) is 8.70. The summed E-state index contributed by atoms with van der Waals surface area (Å²) in [5.74, 6) is 1.39. The maximum atomic E-state index is 13.2. The molecule has 4 rings (SSSR count). The lowest BCUT2D eigenvalue weighted by molar-refractivity contribution is 0.306. The predicted octanol–water partition coefficient (Wildman–Crippen LogP) is 6.27. The average Bonchev–Trinajstić information content (AvgIpc) is 2.76. The normalized spacial score (nSPS) is 10.8. The Balaban J connectivity index is 1.62. The van der Waals surface area contributed by atoms with E-state index >= 15 is 0 Å². The highest BCUT2D eigenvalue weighted by molar-refractivity contribution is 6.31. The van der Waals surface area contributed by atoms with Crippen LogP contribution in [0.4, 0.5) is 4.39 Å². The van der Waals surface area contributed by atoms with Gasteiger partial charge in [-0.25, -0.2) is 4.39 Å². The van der Waals surface area contributed by atoms with Gasteiger partial charge in [-0.15, -0.1) is 0 Å². The first-order chi connectivity index (χ1) is 15.0. The lowest BCUT2D eigenvalue weighted by Crippen LogP contribution is -2.08. The van der Waals surface area contributed by atoms with Crippen LogP contribution in [0.2, 0.25) is 5.02 Å². The topological polar surface area (TPSA) is 57.9 Å². The van der Waals surface area contributed by atoms with Gasteiger partial charge >= 0.3 is 0 Å². The Labute approximate surface area is 182 Å². The maximum absolute atomic E-state index is 13.2. The van der Waals surface area contributed by atoms with Crippen molar-refractivity contribution < 1.29 is 23.0 Å². The summed E-state index contributed by atoms with van der Waals surface area (Å²) < 4.78 is 35.9. The summed E-state index contributed by atoms with van der Waals surface area (Å²) in [7, 11) is 1.53. The molecule has 0 aliphatic rings. The largest absolute Gasteiger partial charge is 0.493 e. The van der Waals surface area contributed by atoms with Crippen molar-refractivity contribution in [3.8, 4) is 23.0 Å². The molecular weight excluding hydrogens is 423 g/mol. The predicted molar refractivity (Wildman–Crippen MR) is 116 cm³/mol. The van der Waals surface area contributed by atoms with Gasteiger partial charge in [-0.2, -0.15) is 0 Å². The zero-order chi connectivity index (χ0) is 22.0. The molecule has 0 amide bonds. The van der Waals surface area contributed by atoms with E-state index < -0.39 is 5.82 Å². The number of hydrogen-bond acceptors (Lipinski definition) is 5. The molecule has 31 heavy (non-hydrogen) atoms. The van der Waals surface area contributed by atoms with Gasteiger partial charge in [0, 0.05) is 11.6 Å². The zero-order valence-corrected chi connectivity index (χ0v) is 17.5. The molecule has 0 unspecified atom stereocenters. The molecule has 0 spiro atoms. The van der Waals surface area contributed by atoms with Crippen LogP contribution < -0.4 is 19.6 Å². The summed E-state index contributed by atoms with van der Waals surface area (Å²) in [5, 5.41) is 0.629. The zero-order valence-electron chi connectivity index (χ0n) is 16.8. The van der Waals surface area contributed by atoms with Gasteiger partial charge in [-0.1, -0.05) is 29.8 Å². The number of ether oxygens (including phenoxy) is 3. The maximum Gasteiger partial charge on any atom is 0.235 e. The third-order valence-corrected chi connectivity index (χ3v) is 5.03. The van der Waals surface area contributed by atoms with Crippen molar-refractivity contribution in [3.05, 3.63) is 93.1 Å². The SMILES string of the molecule is COc1ccccc1Oc1c(C)oc2cc(OCc3ccc(F)cc3Cl)ccc2c1=O. The van der Waals surface area contributed by atoms with Crippen LogP contribution in [0.15, 0.2) is 69.9 Å². The molecule has 0 saturated heterocycles. The average molecular weight is 441 g/mol. The highest BCUT2D eigenvalue weighted by Crippen LogP contribution is 2.32. The molecule has 0 N–H and O–H groups in total. The van der Waals surface area contributed by atoms with Crippen LogP contribution in [0.5, 0.6) is 23.0 Å². The number of rotatable bonds is 6. The van der Waals surface area contributed by atoms with Gasteiger partial charge in [-0.3, -0.25) is 4.79 Å². The molecule has 5 nitrogen and oxygen atoms in total. The summed E-state index contributed by atoms with van der Waals surface area (Å²) in [6.45, 7) is 1.79. The minimum absolute atomic E-state index is 0.0868. The Hall–Kier alpha value is -3.51. The first-order valence-corrected chi connectivity index (χ1v) is 9.79. The monoisotopic (exact) mass is 440 g/mol. The van der Waals surface area contributed by atoms with Gasteiger partial charge < -0.3 is 18.6 Å². The van der Waals surface area contributed by atoms with Crippen molar-refractivity contribution >= 4 is 22.6 Å². The van der Waals surface area contributed by atoms with E-state index in [1.165, 1.54) is 19.2 Å². The molecule has 0 aliphatic heterocycles. The molecule has 0 saturated carbocycles. The third-order valence-electron chi connectivity index (χ3n) is 4.68. The van der Waals surface area contributed by atoms with E-state index in [9.17, 15) is 9.18 Å². The summed E-state index contributed by atoms with van der Waals surface area (Å²) in [4.78, 5) is 13.0. The molecular formula is C24H18ClFO5. The van der Waals surface area contributed by atoms with Crippen LogP contribution in [-0.2, 0) is 6.61 Å². The van der Waals surface area contributed by atoms with Crippen molar-refractivity contribution in [2.24, 2.45) is 0 Å². The molecule has 4 aromatic rings. The van der Waals surface area contributed by atoms with Crippen molar-refractivity contribution in [1.29, 1.82) is 0 Å². The van der Waals surface area contributed by atoms with E-state index in [4.69, 9.17) is 30.2 Å². The molecule has 7 heteroatoms. The van der Waals surface area contributed by atoms with E-state index in [-0.39, 0.29) is 22.8 Å². The fourth-order valence-corrected chi connectivity index (χ4v) is 3.31. The van der Waals surface area contributed by atoms with Crippen molar-refractivity contribution in [1.82, 2.24) is 0 Å². The summed E-state index contributed by atoms with van der Waals surface area (Å²) in [6, 6.07) is 16.0. The number of hydrogen-bond donors (Lipinski definition) is 0.